The van der Waals surface area contributed by atoms with Crippen molar-refractivity contribution in [3.63, 3.8) is 0 Å². The van der Waals surface area contributed by atoms with Crippen molar-refractivity contribution in [3.05, 3.63) is 40.1 Å². The molecule has 0 radical (unpaired) electrons. The lowest BCUT2D eigenvalue weighted by molar-refractivity contribution is 0.631. The van der Waals surface area contributed by atoms with Crippen LogP contribution in [0.25, 0.3) is 10.6 Å². The van der Waals surface area contributed by atoms with E-state index in [1.807, 2.05) is 5.38 Å². The molecule has 18 heavy (non-hydrogen) atoms. The van der Waals surface area contributed by atoms with E-state index in [1.165, 1.54) is 17.4 Å². The minimum Gasteiger partial charge on any atom is -0.317 e. The van der Waals surface area contributed by atoms with Gasteiger partial charge in [-0.15, -0.1) is 11.3 Å². The van der Waals surface area contributed by atoms with Crippen LogP contribution in [0, 0.1) is 5.82 Å². The van der Waals surface area contributed by atoms with Crippen molar-refractivity contribution in [2.75, 3.05) is 13.1 Å². The standard InChI is InChI=1S/C13H14ClFN2S/c1-2-16-6-5-10-8-18-13(17-10)11-7-9(14)3-4-12(11)15/h3-4,7-8,16H,2,5-6H2,1H3. The molecule has 0 unspecified atom stereocenters. The van der Waals surface area contributed by atoms with Crippen molar-refractivity contribution in [1.82, 2.24) is 10.3 Å². The molecule has 1 aromatic heterocycles. The SMILES string of the molecule is CCNCCc1csc(-c2cc(Cl)ccc2F)n1. The Morgan fingerprint density at radius 2 is 2.28 bits per heavy atom. The predicted molar refractivity (Wildman–Crippen MR) is 74.8 cm³/mol. The van der Waals surface area contributed by atoms with Crippen LogP contribution in [-0.4, -0.2) is 18.1 Å². The monoisotopic (exact) mass is 284 g/mol. The number of thiazole rings is 1. The fourth-order valence-electron chi connectivity index (χ4n) is 1.60. The van der Waals surface area contributed by atoms with Gasteiger partial charge in [-0.3, -0.25) is 0 Å². The number of hydrogen-bond acceptors (Lipinski definition) is 3. The van der Waals surface area contributed by atoms with Gasteiger partial charge >= 0.3 is 0 Å². The first-order valence-corrected chi connectivity index (χ1v) is 7.07. The molecule has 1 N–H and O–H groups in total. The molecular weight excluding hydrogens is 271 g/mol. The molecule has 0 aliphatic carbocycles. The Morgan fingerprint density at radius 3 is 3.06 bits per heavy atom. The fourth-order valence-corrected chi connectivity index (χ4v) is 2.64. The summed E-state index contributed by atoms with van der Waals surface area (Å²) in [5.74, 6) is -0.285. The van der Waals surface area contributed by atoms with E-state index in [0.29, 0.717) is 15.6 Å². The van der Waals surface area contributed by atoms with E-state index in [9.17, 15) is 4.39 Å². The van der Waals surface area contributed by atoms with E-state index in [1.54, 1.807) is 12.1 Å². The van der Waals surface area contributed by atoms with Crippen LogP contribution in [0.5, 0.6) is 0 Å². The maximum atomic E-state index is 13.7. The van der Waals surface area contributed by atoms with Crippen molar-refractivity contribution in [2.24, 2.45) is 0 Å². The zero-order chi connectivity index (χ0) is 13.0. The van der Waals surface area contributed by atoms with Gasteiger partial charge in [-0.25, -0.2) is 9.37 Å². The number of nitrogens with one attached hydrogen (secondary N) is 1. The summed E-state index contributed by atoms with van der Waals surface area (Å²) < 4.78 is 13.7. The molecule has 0 amide bonds. The number of hydrogen-bond donors (Lipinski definition) is 1. The molecule has 0 aliphatic heterocycles. The van der Waals surface area contributed by atoms with Crippen LogP contribution in [0.2, 0.25) is 5.02 Å². The molecular formula is C13H14ClFN2S. The Bertz CT molecular complexity index is 527. The van der Waals surface area contributed by atoms with Crippen LogP contribution in [-0.2, 0) is 6.42 Å². The van der Waals surface area contributed by atoms with Gasteiger partial charge in [0.25, 0.3) is 0 Å². The number of benzene rings is 1. The highest BCUT2D eigenvalue weighted by atomic mass is 35.5. The van der Waals surface area contributed by atoms with Gasteiger partial charge in [0.2, 0.25) is 0 Å². The van der Waals surface area contributed by atoms with Gasteiger partial charge in [0, 0.05) is 28.9 Å². The summed E-state index contributed by atoms with van der Waals surface area (Å²) in [5.41, 5.74) is 1.46. The van der Waals surface area contributed by atoms with Crippen molar-refractivity contribution in [3.8, 4) is 10.6 Å². The van der Waals surface area contributed by atoms with Crippen LogP contribution in [0.1, 0.15) is 12.6 Å². The van der Waals surface area contributed by atoms with Crippen molar-refractivity contribution in [1.29, 1.82) is 0 Å². The second-order valence-corrected chi connectivity index (χ2v) is 5.17. The van der Waals surface area contributed by atoms with Gasteiger partial charge < -0.3 is 5.32 Å². The van der Waals surface area contributed by atoms with Crippen LogP contribution in [0.15, 0.2) is 23.6 Å². The lowest BCUT2D eigenvalue weighted by Gasteiger charge is -2.00. The molecule has 1 heterocycles. The molecule has 2 rings (SSSR count). The molecule has 1 aromatic carbocycles. The summed E-state index contributed by atoms with van der Waals surface area (Å²) in [4.78, 5) is 4.43. The molecule has 2 nitrogen and oxygen atoms in total. The second kappa shape index (κ2) is 6.27. The van der Waals surface area contributed by atoms with Gasteiger partial charge in [-0.1, -0.05) is 18.5 Å². The Labute approximate surface area is 115 Å². The van der Waals surface area contributed by atoms with Crippen molar-refractivity contribution < 1.29 is 4.39 Å². The van der Waals surface area contributed by atoms with Crippen molar-refractivity contribution in [2.45, 2.75) is 13.3 Å². The summed E-state index contributed by atoms with van der Waals surface area (Å²) in [6.07, 6.45) is 0.854. The van der Waals surface area contributed by atoms with E-state index in [-0.39, 0.29) is 5.82 Å². The van der Waals surface area contributed by atoms with Gasteiger partial charge in [0.05, 0.1) is 5.69 Å². The van der Waals surface area contributed by atoms with Crippen LogP contribution >= 0.6 is 22.9 Å². The molecule has 0 fully saturated rings. The average Bonchev–Trinajstić information content (AvgIpc) is 2.81. The number of nitrogens with zero attached hydrogens (tertiary/aromatic N) is 1. The maximum absolute atomic E-state index is 13.7. The minimum atomic E-state index is -0.285. The summed E-state index contributed by atoms with van der Waals surface area (Å²) in [7, 11) is 0. The largest absolute Gasteiger partial charge is 0.317 e. The van der Waals surface area contributed by atoms with E-state index in [4.69, 9.17) is 11.6 Å². The summed E-state index contributed by atoms with van der Waals surface area (Å²) in [6, 6.07) is 4.53. The smallest absolute Gasteiger partial charge is 0.133 e. The first kappa shape index (κ1) is 13.5. The predicted octanol–water partition coefficient (Wildman–Crippen LogP) is 3.75. The third-order valence-electron chi connectivity index (χ3n) is 2.52. The van der Waals surface area contributed by atoms with Crippen LogP contribution < -0.4 is 5.32 Å². The van der Waals surface area contributed by atoms with Gasteiger partial charge in [0.15, 0.2) is 0 Å². The number of aromatic nitrogens is 1. The highest BCUT2D eigenvalue weighted by molar-refractivity contribution is 7.13. The first-order chi connectivity index (χ1) is 8.70. The van der Waals surface area contributed by atoms with E-state index in [0.717, 1.165) is 25.2 Å². The fraction of sp³-hybridized carbons (Fsp3) is 0.308. The molecule has 2 aromatic rings. The van der Waals surface area contributed by atoms with E-state index >= 15 is 0 Å². The summed E-state index contributed by atoms with van der Waals surface area (Å²) in [5, 5.41) is 6.41. The van der Waals surface area contributed by atoms with Gasteiger partial charge in [-0.2, -0.15) is 0 Å². The Kier molecular flexibility index (Phi) is 4.69. The van der Waals surface area contributed by atoms with Crippen molar-refractivity contribution >= 4 is 22.9 Å². The molecule has 96 valence electrons. The maximum Gasteiger partial charge on any atom is 0.133 e. The Hall–Kier alpha value is -0.970. The quantitative estimate of drug-likeness (QED) is 0.846. The molecule has 5 heteroatoms. The first-order valence-electron chi connectivity index (χ1n) is 5.81. The highest BCUT2D eigenvalue weighted by Crippen LogP contribution is 2.28. The topological polar surface area (TPSA) is 24.9 Å². The second-order valence-electron chi connectivity index (χ2n) is 3.87. The van der Waals surface area contributed by atoms with E-state index in [2.05, 4.69) is 17.2 Å². The molecule has 0 spiro atoms. The molecule has 0 saturated carbocycles. The zero-order valence-corrected chi connectivity index (χ0v) is 11.6. The summed E-state index contributed by atoms with van der Waals surface area (Å²) in [6.45, 7) is 3.89. The summed E-state index contributed by atoms with van der Waals surface area (Å²) >= 11 is 7.32. The van der Waals surface area contributed by atoms with Crippen LogP contribution in [0.3, 0.4) is 0 Å². The van der Waals surface area contributed by atoms with E-state index < -0.39 is 0 Å². The molecule has 0 saturated heterocycles. The molecule has 0 bridgehead atoms. The number of rotatable bonds is 5. The average molecular weight is 285 g/mol. The highest BCUT2D eigenvalue weighted by Gasteiger charge is 2.10. The minimum absolute atomic E-state index is 0.285. The Balaban J connectivity index is 2.16. The Morgan fingerprint density at radius 1 is 1.44 bits per heavy atom. The molecule has 0 aliphatic rings. The third-order valence-corrected chi connectivity index (χ3v) is 3.68. The van der Waals surface area contributed by atoms with Gasteiger partial charge in [-0.05, 0) is 24.7 Å². The van der Waals surface area contributed by atoms with Gasteiger partial charge in [0.1, 0.15) is 10.8 Å². The normalized spacial score (nSPS) is 10.8. The lowest BCUT2D eigenvalue weighted by Crippen LogP contribution is -2.16. The lowest BCUT2D eigenvalue weighted by atomic mass is 10.2. The third kappa shape index (κ3) is 3.28. The number of likely N-dealkylation sites (N-methyl/N-ethyl adjacent to an activating group) is 1. The zero-order valence-electron chi connectivity index (χ0n) is 10.0. The van der Waals surface area contributed by atoms with Crippen LogP contribution in [0.4, 0.5) is 4.39 Å². The number of halogens is 2. The molecule has 0 atom stereocenters.